The first-order chi connectivity index (χ1) is 12.1. The Morgan fingerprint density at radius 2 is 0.880 bits per heavy atom. The Labute approximate surface area is 151 Å². The molecule has 0 aliphatic carbocycles. The van der Waals surface area contributed by atoms with E-state index >= 15 is 0 Å². The van der Waals surface area contributed by atoms with E-state index in [-0.39, 0.29) is 6.04 Å². The molecule has 0 aromatic heterocycles. The molecule has 0 heterocycles. The molecule has 3 aromatic carbocycles. The zero-order valence-corrected chi connectivity index (χ0v) is 16.1. The van der Waals surface area contributed by atoms with Crippen molar-refractivity contribution in [1.82, 2.24) is 0 Å². The Kier molecular flexibility index (Phi) is 5.56. The highest BCUT2D eigenvalue weighted by Crippen LogP contribution is 2.47. The molecule has 0 aliphatic heterocycles. The van der Waals surface area contributed by atoms with Gasteiger partial charge in [-0.1, -0.05) is 105 Å². The third kappa shape index (κ3) is 3.62. The van der Waals surface area contributed by atoms with Crippen LogP contribution in [0.3, 0.4) is 0 Å². The van der Waals surface area contributed by atoms with Crippen molar-refractivity contribution in [3.63, 3.8) is 0 Å². The Balaban J connectivity index is 2.40. The van der Waals surface area contributed by atoms with E-state index in [2.05, 4.69) is 112 Å². The number of hydrogen-bond donors (Lipinski definition) is 0. The van der Waals surface area contributed by atoms with Crippen molar-refractivity contribution < 1.29 is 0 Å². The van der Waals surface area contributed by atoms with Gasteiger partial charge >= 0.3 is 0 Å². The van der Waals surface area contributed by atoms with Gasteiger partial charge in [0.05, 0.1) is 7.05 Å². The second-order valence-corrected chi connectivity index (χ2v) is 9.79. The van der Waals surface area contributed by atoms with Crippen LogP contribution in [0.25, 0.3) is 0 Å². The van der Waals surface area contributed by atoms with Crippen molar-refractivity contribution in [3.05, 3.63) is 91.0 Å². The molecule has 0 fully saturated rings. The molecule has 0 N–H and O–H groups in total. The fraction of sp³-hybridized carbons (Fsp3) is 0.217. The first-order valence-electron chi connectivity index (χ1n) is 8.93. The maximum absolute atomic E-state index is 5.53. The second-order valence-electron chi connectivity index (χ2n) is 6.74. The normalized spacial score (nSPS) is 12.8. The van der Waals surface area contributed by atoms with Crippen LogP contribution in [-0.4, -0.2) is 6.04 Å². The fourth-order valence-corrected chi connectivity index (χ4v) is 6.90. The summed E-state index contributed by atoms with van der Waals surface area (Å²) < 4.78 is 5.53. The average molecular weight is 347 g/mol. The highest BCUT2D eigenvalue weighted by Gasteiger charge is 2.28. The minimum Gasteiger partial charge on any atom is -0.286 e. The topological polar surface area (TPSA) is 12.4 Å². The van der Waals surface area contributed by atoms with Crippen LogP contribution in [0.15, 0.2) is 95.7 Å². The standard InChI is InChI=1S/C23H26NP/c1-19(2)20(3)24-25(21-13-7-4-8-14-21,22-15-9-5-10-16-22)23-17-11-6-12-18-23/h4-20H,1-3H3/t20-/m1/s1. The molecular weight excluding hydrogens is 321 g/mol. The summed E-state index contributed by atoms with van der Waals surface area (Å²) in [6.07, 6.45) is 0. The molecule has 0 amide bonds. The third-order valence-electron chi connectivity index (χ3n) is 4.71. The second kappa shape index (κ2) is 7.85. The van der Waals surface area contributed by atoms with Crippen LogP contribution < -0.4 is 15.9 Å². The molecule has 0 spiro atoms. The predicted octanol–water partition coefficient (Wildman–Crippen LogP) is 5.21. The molecule has 0 saturated carbocycles. The van der Waals surface area contributed by atoms with Gasteiger partial charge in [-0.25, -0.2) is 0 Å². The number of rotatable bonds is 5. The molecule has 0 radical (unpaired) electrons. The van der Waals surface area contributed by atoms with Crippen LogP contribution in [0.4, 0.5) is 0 Å². The number of benzene rings is 3. The molecule has 1 atom stereocenters. The summed E-state index contributed by atoms with van der Waals surface area (Å²) in [6.45, 7) is 6.75. The zero-order valence-electron chi connectivity index (χ0n) is 15.2. The van der Waals surface area contributed by atoms with Gasteiger partial charge in [-0.2, -0.15) is 0 Å². The lowest BCUT2D eigenvalue weighted by Crippen LogP contribution is -2.27. The van der Waals surface area contributed by atoms with E-state index in [0.717, 1.165) is 0 Å². The van der Waals surface area contributed by atoms with Gasteiger partial charge in [-0.15, -0.1) is 0 Å². The van der Waals surface area contributed by atoms with Gasteiger partial charge in [0.1, 0.15) is 0 Å². The minimum absolute atomic E-state index is 0.286. The highest BCUT2D eigenvalue weighted by atomic mass is 31.2. The predicted molar refractivity (Wildman–Crippen MR) is 112 cm³/mol. The van der Waals surface area contributed by atoms with Crippen molar-refractivity contribution in [1.29, 1.82) is 0 Å². The summed E-state index contributed by atoms with van der Waals surface area (Å²) in [5.41, 5.74) is 0. The fourth-order valence-electron chi connectivity index (χ4n) is 2.98. The summed E-state index contributed by atoms with van der Waals surface area (Å²) in [6, 6.07) is 32.8. The van der Waals surface area contributed by atoms with E-state index in [1.165, 1.54) is 15.9 Å². The van der Waals surface area contributed by atoms with E-state index in [1.54, 1.807) is 0 Å². The molecule has 25 heavy (non-hydrogen) atoms. The van der Waals surface area contributed by atoms with Crippen LogP contribution in [0, 0.1) is 5.92 Å². The van der Waals surface area contributed by atoms with Crippen LogP contribution in [0.1, 0.15) is 20.8 Å². The minimum atomic E-state index is -2.04. The quantitative estimate of drug-likeness (QED) is 0.562. The monoisotopic (exact) mass is 347 g/mol. The van der Waals surface area contributed by atoms with Gasteiger partial charge in [0.2, 0.25) is 0 Å². The smallest absolute Gasteiger partial charge is 0.0551 e. The Hall–Kier alpha value is -2.11. The molecule has 0 bridgehead atoms. The van der Waals surface area contributed by atoms with Gasteiger partial charge < -0.3 is 0 Å². The molecule has 3 rings (SSSR count). The SMILES string of the molecule is CC(C)[C@@H](C)N=P(c1ccccc1)(c1ccccc1)c1ccccc1. The molecule has 0 unspecified atom stereocenters. The first-order valence-corrected chi connectivity index (χ1v) is 10.7. The van der Waals surface area contributed by atoms with Crippen molar-refractivity contribution in [2.75, 3.05) is 0 Å². The molecular formula is C23H26NP. The zero-order chi connectivity index (χ0) is 17.7. The van der Waals surface area contributed by atoms with Crippen molar-refractivity contribution >= 4 is 23.0 Å². The maximum atomic E-state index is 5.53. The lowest BCUT2D eigenvalue weighted by Gasteiger charge is -2.29. The van der Waals surface area contributed by atoms with Gasteiger partial charge in [0, 0.05) is 22.0 Å². The highest BCUT2D eigenvalue weighted by molar-refractivity contribution is 7.87. The largest absolute Gasteiger partial charge is 0.286 e. The van der Waals surface area contributed by atoms with E-state index < -0.39 is 7.05 Å². The molecule has 2 heteroatoms. The van der Waals surface area contributed by atoms with E-state index in [9.17, 15) is 0 Å². The molecule has 128 valence electrons. The lowest BCUT2D eigenvalue weighted by molar-refractivity contribution is 0.536. The van der Waals surface area contributed by atoms with Gasteiger partial charge in [-0.3, -0.25) is 4.74 Å². The summed E-state index contributed by atoms with van der Waals surface area (Å²) in [4.78, 5) is 0. The third-order valence-corrected chi connectivity index (χ3v) is 8.56. The maximum Gasteiger partial charge on any atom is 0.0551 e. The lowest BCUT2D eigenvalue weighted by atomic mass is 10.1. The summed E-state index contributed by atoms with van der Waals surface area (Å²) in [5.74, 6) is 0.510. The van der Waals surface area contributed by atoms with Crippen LogP contribution in [0.2, 0.25) is 0 Å². The number of nitrogens with zero attached hydrogens (tertiary/aromatic N) is 1. The average Bonchev–Trinajstić information content (AvgIpc) is 2.68. The van der Waals surface area contributed by atoms with Crippen molar-refractivity contribution in [3.8, 4) is 0 Å². The van der Waals surface area contributed by atoms with Gasteiger partial charge in [0.25, 0.3) is 0 Å². The Morgan fingerprint density at radius 3 is 1.16 bits per heavy atom. The van der Waals surface area contributed by atoms with E-state index in [0.29, 0.717) is 5.92 Å². The van der Waals surface area contributed by atoms with Gasteiger partial charge in [0.15, 0.2) is 0 Å². The van der Waals surface area contributed by atoms with E-state index in [4.69, 9.17) is 4.74 Å². The summed E-state index contributed by atoms with van der Waals surface area (Å²) in [7, 11) is -2.04. The van der Waals surface area contributed by atoms with Crippen LogP contribution in [0.5, 0.6) is 0 Å². The van der Waals surface area contributed by atoms with Crippen molar-refractivity contribution in [2.24, 2.45) is 10.7 Å². The molecule has 0 aliphatic rings. The van der Waals surface area contributed by atoms with Crippen molar-refractivity contribution in [2.45, 2.75) is 26.8 Å². The molecule has 3 aromatic rings. The van der Waals surface area contributed by atoms with Gasteiger partial charge in [-0.05, 0) is 12.8 Å². The Morgan fingerprint density at radius 1 is 0.560 bits per heavy atom. The number of hydrogen-bond acceptors (Lipinski definition) is 1. The molecule has 1 nitrogen and oxygen atoms in total. The van der Waals surface area contributed by atoms with E-state index in [1.807, 2.05) is 0 Å². The summed E-state index contributed by atoms with van der Waals surface area (Å²) in [5, 5.41) is 3.96. The Bertz CT molecular complexity index is 736. The first kappa shape index (κ1) is 17.7. The van der Waals surface area contributed by atoms with Crippen LogP contribution in [-0.2, 0) is 0 Å². The molecule has 0 saturated heterocycles. The summed E-state index contributed by atoms with van der Waals surface area (Å²) >= 11 is 0. The van der Waals surface area contributed by atoms with Crippen LogP contribution >= 0.6 is 7.05 Å².